The zero-order valence-corrected chi connectivity index (χ0v) is 25.6. The third kappa shape index (κ3) is 7.07. The van der Waals surface area contributed by atoms with Gasteiger partial charge in [0.15, 0.2) is 0 Å². The van der Waals surface area contributed by atoms with Gasteiger partial charge in [-0.2, -0.15) is 0 Å². The predicted molar refractivity (Wildman–Crippen MR) is 163 cm³/mol. The molecule has 2 aromatic carbocycles. The minimum Gasteiger partial charge on any atom is -0.338 e. The maximum atomic E-state index is 13.5. The van der Waals surface area contributed by atoms with Crippen LogP contribution in [-0.4, -0.2) is 59.7 Å². The monoisotopic (exact) mass is 615 g/mol. The zero-order chi connectivity index (χ0) is 26.5. The van der Waals surface area contributed by atoms with Gasteiger partial charge in [-0.15, -0.1) is 12.4 Å². The maximum Gasteiger partial charge on any atom is 0.229 e. The van der Waals surface area contributed by atoms with Gasteiger partial charge >= 0.3 is 0 Å². The van der Waals surface area contributed by atoms with E-state index in [1.807, 2.05) is 30.1 Å². The van der Waals surface area contributed by atoms with E-state index in [1.54, 1.807) is 0 Å². The molecule has 1 saturated carbocycles. The van der Waals surface area contributed by atoms with Crippen molar-refractivity contribution >= 4 is 40.2 Å². The van der Waals surface area contributed by atoms with Crippen LogP contribution in [0.1, 0.15) is 75.0 Å². The summed E-state index contributed by atoms with van der Waals surface area (Å²) < 4.78 is 1.07. The first-order valence-electron chi connectivity index (χ1n) is 14.5. The standard InChI is InChI=1S/C32H42BrN3O2.ClH/c1-34(30(37)27-10-6-3-7-11-27)29(26-8-4-2-5-9-26)16-20-35-21-17-32(18-22-35)19-23-36(31(32)38)24-25-12-14-28(33)15-13-25;/h2,4-5,8-9,12-15,27,29H,3,6-7,10-11,16-24H2,1H3;1H. The number of hydrogen-bond donors (Lipinski definition) is 0. The average Bonchev–Trinajstić information content (AvgIpc) is 3.25. The number of halogens is 2. The molecule has 2 saturated heterocycles. The summed E-state index contributed by atoms with van der Waals surface area (Å²) in [6, 6.07) is 18.9. The van der Waals surface area contributed by atoms with Gasteiger partial charge in [-0.25, -0.2) is 0 Å². The first-order chi connectivity index (χ1) is 18.4. The number of piperidine rings is 1. The maximum absolute atomic E-state index is 13.5. The molecule has 0 radical (unpaired) electrons. The summed E-state index contributed by atoms with van der Waals surface area (Å²) in [6.45, 7) is 4.44. The molecule has 1 unspecified atom stereocenters. The Morgan fingerprint density at radius 1 is 0.974 bits per heavy atom. The van der Waals surface area contributed by atoms with E-state index in [-0.39, 0.29) is 29.8 Å². The Labute approximate surface area is 248 Å². The highest BCUT2D eigenvalue weighted by Gasteiger charge is 2.47. The third-order valence-corrected chi connectivity index (χ3v) is 9.90. The van der Waals surface area contributed by atoms with Gasteiger partial charge in [0.1, 0.15) is 0 Å². The van der Waals surface area contributed by atoms with Crippen LogP contribution in [0.3, 0.4) is 0 Å². The number of carbonyl (C=O) groups excluding carboxylic acids is 2. The topological polar surface area (TPSA) is 43.9 Å². The zero-order valence-electron chi connectivity index (χ0n) is 23.2. The van der Waals surface area contributed by atoms with Crippen LogP contribution in [-0.2, 0) is 16.1 Å². The Balaban J connectivity index is 0.00000353. The van der Waals surface area contributed by atoms with Crippen molar-refractivity contribution in [1.29, 1.82) is 0 Å². The lowest BCUT2D eigenvalue weighted by atomic mass is 9.77. The van der Waals surface area contributed by atoms with Crippen LogP contribution in [0.5, 0.6) is 0 Å². The van der Waals surface area contributed by atoms with E-state index in [2.05, 4.69) is 62.1 Å². The Kier molecular flexibility index (Phi) is 10.5. The van der Waals surface area contributed by atoms with E-state index >= 15 is 0 Å². The lowest BCUT2D eigenvalue weighted by molar-refractivity contribution is -0.139. The van der Waals surface area contributed by atoms with Gasteiger partial charge in [-0.3, -0.25) is 9.59 Å². The summed E-state index contributed by atoms with van der Waals surface area (Å²) in [5, 5.41) is 0. The average molecular weight is 617 g/mol. The minimum atomic E-state index is -0.182. The fourth-order valence-corrected chi connectivity index (χ4v) is 7.14. The van der Waals surface area contributed by atoms with Gasteiger partial charge in [0.25, 0.3) is 0 Å². The number of amides is 2. The summed E-state index contributed by atoms with van der Waals surface area (Å²) in [7, 11) is 2.01. The molecule has 5 nitrogen and oxygen atoms in total. The molecular weight excluding hydrogens is 574 g/mol. The first kappa shape index (κ1) is 30.1. The second-order valence-electron chi connectivity index (χ2n) is 11.7. The Hall–Kier alpha value is -1.89. The van der Waals surface area contributed by atoms with Crippen molar-refractivity contribution in [3.05, 3.63) is 70.2 Å². The number of nitrogens with zero attached hydrogens (tertiary/aromatic N) is 3. The summed E-state index contributed by atoms with van der Waals surface area (Å²) in [6.07, 6.45) is 9.46. The van der Waals surface area contributed by atoms with Crippen molar-refractivity contribution < 1.29 is 9.59 Å². The van der Waals surface area contributed by atoms with E-state index in [1.165, 1.54) is 30.4 Å². The summed E-state index contributed by atoms with van der Waals surface area (Å²) in [4.78, 5) is 33.5. The van der Waals surface area contributed by atoms with Crippen molar-refractivity contribution in [3.63, 3.8) is 0 Å². The second-order valence-corrected chi connectivity index (χ2v) is 12.6. The molecular formula is C32H43BrClN3O2. The SMILES string of the molecule is CN(C(=O)C1CCCCC1)C(CCN1CCC2(CC1)CCN(Cc1ccc(Br)cc1)C2=O)c1ccccc1.Cl. The van der Waals surface area contributed by atoms with E-state index in [0.29, 0.717) is 18.4 Å². The number of carbonyl (C=O) groups is 2. The first-order valence-corrected chi connectivity index (χ1v) is 15.3. The fourth-order valence-electron chi connectivity index (χ4n) is 6.88. The molecule has 1 atom stereocenters. The van der Waals surface area contributed by atoms with Crippen molar-refractivity contribution in [2.75, 3.05) is 33.2 Å². The van der Waals surface area contributed by atoms with E-state index in [9.17, 15) is 9.59 Å². The van der Waals surface area contributed by atoms with E-state index < -0.39 is 0 Å². The number of benzene rings is 2. The van der Waals surface area contributed by atoms with Crippen molar-refractivity contribution in [2.24, 2.45) is 11.3 Å². The molecule has 2 heterocycles. The van der Waals surface area contributed by atoms with Gasteiger partial charge in [0.2, 0.25) is 11.8 Å². The van der Waals surface area contributed by atoms with Gasteiger partial charge in [0, 0.05) is 37.1 Å². The highest BCUT2D eigenvalue weighted by atomic mass is 79.9. The number of rotatable bonds is 8. The van der Waals surface area contributed by atoms with Crippen LogP contribution in [0.4, 0.5) is 0 Å². The Morgan fingerprint density at radius 3 is 2.28 bits per heavy atom. The van der Waals surface area contributed by atoms with Crippen molar-refractivity contribution in [3.8, 4) is 0 Å². The van der Waals surface area contributed by atoms with Crippen LogP contribution in [0.2, 0.25) is 0 Å². The lowest BCUT2D eigenvalue weighted by Crippen LogP contribution is -2.45. The number of likely N-dealkylation sites (tertiary alicyclic amines) is 2. The molecule has 1 aliphatic carbocycles. The van der Waals surface area contributed by atoms with Gasteiger partial charge in [-0.1, -0.05) is 77.7 Å². The van der Waals surface area contributed by atoms with Crippen molar-refractivity contribution in [2.45, 2.75) is 70.4 Å². The van der Waals surface area contributed by atoms with Crippen LogP contribution < -0.4 is 0 Å². The van der Waals surface area contributed by atoms with E-state index in [0.717, 1.165) is 69.2 Å². The summed E-state index contributed by atoms with van der Waals surface area (Å²) in [5.74, 6) is 0.849. The molecule has 2 aromatic rings. The van der Waals surface area contributed by atoms with Crippen LogP contribution in [0.15, 0.2) is 59.1 Å². The quantitative estimate of drug-likeness (QED) is 0.326. The van der Waals surface area contributed by atoms with Gasteiger partial charge < -0.3 is 14.7 Å². The molecule has 0 N–H and O–H groups in total. The van der Waals surface area contributed by atoms with Gasteiger partial charge in [0.05, 0.1) is 11.5 Å². The van der Waals surface area contributed by atoms with Gasteiger partial charge in [-0.05, 0) is 74.9 Å². The second kappa shape index (κ2) is 13.6. The fraction of sp³-hybridized carbons (Fsp3) is 0.562. The van der Waals surface area contributed by atoms with Crippen molar-refractivity contribution in [1.82, 2.24) is 14.7 Å². The number of hydrogen-bond acceptors (Lipinski definition) is 3. The highest BCUT2D eigenvalue weighted by Crippen LogP contribution is 2.42. The Morgan fingerprint density at radius 2 is 1.62 bits per heavy atom. The molecule has 5 rings (SSSR count). The Bertz CT molecular complexity index is 1080. The molecule has 3 fully saturated rings. The molecule has 212 valence electrons. The predicted octanol–water partition coefficient (Wildman–Crippen LogP) is 6.86. The molecule has 7 heteroatoms. The summed E-state index contributed by atoms with van der Waals surface area (Å²) >= 11 is 3.50. The van der Waals surface area contributed by atoms with Crippen LogP contribution in [0, 0.1) is 11.3 Å². The molecule has 0 bridgehead atoms. The molecule has 2 aliphatic heterocycles. The molecule has 39 heavy (non-hydrogen) atoms. The molecule has 2 amide bonds. The lowest BCUT2D eigenvalue weighted by Gasteiger charge is -2.39. The summed E-state index contributed by atoms with van der Waals surface area (Å²) in [5.41, 5.74) is 2.23. The highest BCUT2D eigenvalue weighted by molar-refractivity contribution is 9.10. The minimum absolute atomic E-state index is 0. The smallest absolute Gasteiger partial charge is 0.229 e. The largest absolute Gasteiger partial charge is 0.338 e. The van der Waals surface area contributed by atoms with Crippen LogP contribution in [0.25, 0.3) is 0 Å². The third-order valence-electron chi connectivity index (χ3n) is 9.37. The van der Waals surface area contributed by atoms with E-state index in [4.69, 9.17) is 0 Å². The molecule has 1 spiro atoms. The normalized spacial score (nSPS) is 20.6. The molecule has 0 aromatic heterocycles. The van der Waals surface area contributed by atoms with Crippen LogP contribution >= 0.6 is 28.3 Å². The molecule has 3 aliphatic rings.